The van der Waals surface area contributed by atoms with Crippen molar-refractivity contribution < 1.29 is 4.74 Å². The van der Waals surface area contributed by atoms with Crippen LogP contribution >= 0.6 is 23.2 Å². The Morgan fingerprint density at radius 2 is 2.00 bits per heavy atom. The van der Waals surface area contributed by atoms with E-state index in [-0.39, 0.29) is 0 Å². The second-order valence-electron chi connectivity index (χ2n) is 2.90. The molecule has 0 saturated carbocycles. The Morgan fingerprint density at radius 1 is 1.21 bits per heavy atom. The number of ether oxygens (including phenoxy) is 1. The minimum atomic E-state index is 0.474. The van der Waals surface area contributed by atoms with E-state index < -0.39 is 0 Å². The largest absolute Gasteiger partial charge is 0.492 e. The lowest BCUT2D eigenvalue weighted by atomic mass is 10.3. The summed E-state index contributed by atoms with van der Waals surface area (Å²) in [5, 5.41) is 0.991. The molecule has 0 saturated heterocycles. The van der Waals surface area contributed by atoms with Crippen LogP contribution < -0.4 is 10.5 Å². The van der Waals surface area contributed by atoms with Crippen molar-refractivity contribution in [1.82, 2.24) is 0 Å². The number of nitrogens with two attached hydrogens (primary N) is 1. The van der Waals surface area contributed by atoms with Crippen LogP contribution in [0.4, 0.5) is 0 Å². The first kappa shape index (κ1) is 11.6. The van der Waals surface area contributed by atoms with Gasteiger partial charge in [0, 0.05) is 0 Å². The first-order valence-corrected chi connectivity index (χ1v) is 5.28. The average molecular weight is 234 g/mol. The molecule has 0 amide bonds. The van der Waals surface area contributed by atoms with E-state index in [9.17, 15) is 0 Å². The predicted octanol–water partition coefficient (Wildman–Crippen LogP) is 3.11. The van der Waals surface area contributed by atoms with Crippen molar-refractivity contribution in [3.63, 3.8) is 0 Å². The Bertz CT molecular complexity index is 291. The zero-order valence-corrected chi connectivity index (χ0v) is 9.31. The minimum Gasteiger partial charge on any atom is -0.492 e. The fraction of sp³-hybridized carbons (Fsp3) is 0.400. The SMILES string of the molecule is NCCCCOc1cccc(Cl)c1Cl. The monoisotopic (exact) mass is 233 g/mol. The van der Waals surface area contributed by atoms with E-state index >= 15 is 0 Å². The maximum Gasteiger partial charge on any atom is 0.139 e. The molecule has 0 unspecified atom stereocenters. The van der Waals surface area contributed by atoms with Gasteiger partial charge >= 0.3 is 0 Å². The molecule has 1 aromatic carbocycles. The minimum absolute atomic E-state index is 0.474. The van der Waals surface area contributed by atoms with E-state index in [0.717, 1.165) is 12.8 Å². The highest BCUT2D eigenvalue weighted by atomic mass is 35.5. The normalized spacial score (nSPS) is 10.2. The molecule has 2 N–H and O–H groups in total. The van der Waals surface area contributed by atoms with Crippen LogP contribution in [0.25, 0.3) is 0 Å². The van der Waals surface area contributed by atoms with E-state index in [1.165, 1.54) is 0 Å². The Morgan fingerprint density at radius 3 is 2.71 bits per heavy atom. The van der Waals surface area contributed by atoms with E-state index in [0.29, 0.717) is 28.9 Å². The zero-order chi connectivity index (χ0) is 10.4. The van der Waals surface area contributed by atoms with Gasteiger partial charge in [0.05, 0.1) is 11.6 Å². The van der Waals surface area contributed by atoms with Gasteiger partial charge in [0.15, 0.2) is 0 Å². The van der Waals surface area contributed by atoms with Crippen molar-refractivity contribution in [3.05, 3.63) is 28.2 Å². The number of halogens is 2. The molecule has 0 aromatic heterocycles. The second-order valence-corrected chi connectivity index (χ2v) is 3.68. The van der Waals surface area contributed by atoms with Gasteiger partial charge in [-0.2, -0.15) is 0 Å². The summed E-state index contributed by atoms with van der Waals surface area (Å²) in [6, 6.07) is 5.35. The third kappa shape index (κ3) is 3.37. The molecule has 1 aromatic rings. The summed E-state index contributed by atoms with van der Waals surface area (Å²) >= 11 is 11.7. The highest BCUT2D eigenvalue weighted by Gasteiger charge is 2.04. The summed E-state index contributed by atoms with van der Waals surface area (Å²) in [5.74, 6) is 0.635. The first-order chi connectivity index (χ1) is 6.75. The Labute approximate surface area is 94.0 Å². The first-order valence-electron chi connectivity index (χ1n) is 4.52. The summed E-state index contributed by atoms with van der Waals surface area (Å²) in [5.41, 5.74) is 5.36. The van der Waals surface area contributed by atoms with Crippen LogP contribution in [0, 0.1) is 0 Å². The Hall–Kier alpha value is -0.440. The molecule has 0 radical (unpaired) electrons. The van der Waals surface area contributed by atoms with E-state index in [4.69, 9.17) is 33.7 Å². The number of rotatable bonds is 5. The molecular formula is C10H13Cl2NO. The molecule has 1 rings (SSSR count). The summed E-state index contributed by atoms with van der Waals surface area (Å²) < 4.78 is 5.45. The van der Waals surface area contributed by atoms with Crippen molar-refractivity contribution in [3.8, 4) is 5.75 Å². The smallest absolute Gasteiger partial charge is 0.139 e. The van der Waals surface area contributed by atoms with Gasteiger partial charge in [-0.1, -0.05) is 29.3 Å². The second kappa shape index (κ2) is 6.12. The fourth-order valence-electron chi connectivity index (χ4n) is 1.02. The van der Waals surface area contributed by atoms with Crippen molar-refractivity contribution >= 4 is 23.2 Å². The Kier molecular flexibility index (Phi) is 5.09. The molecule has 0 aliphatic rings. The van der Waals surface area contributed by atoms with Gasteiger partial charge in [0.1, 0.15) is 10.8 Å². The molecule has 0 spiro atoms. The van der Waals surface area contributed by atoms with Crippen LogP contribution in [0.1, 0.15) is 12.8 Å². The van der Waals surface area contributed by atoms with Crippen LogP contribution in [0.15, 0.2) is 18.2 Å². The molecule has 14 heavy (non-hydrogen) atoms. The highest BCUT2D eigenvalue weighted by Crippen LogP contribution is 2.31. The van der Waals surface area contributed by atoms with Gasteiger partial charge < -0.3 is 10.5 Å². The quantitative estimate of drug-likeness (QED) is 0.794. The van der Waals surface area contributed by atoms with E-state index in [1.807, 2.05) is 6.07 Å². The van der Waals surface area contributed by atoms with Gasteiger partial charge in [0.25, 0.3) is 0 Å². The van der Waals surface area contributed by atoms with Gasteiger partial charge in [-0.3, -0.25) is 0 Å². The van der Waals surface area contributed by atoms with Crippen molar-refractivity contribution in [2.45, 2.75) is 12.8 Å². The zero-order valence-electron chi connectivity index (χ0n) is 7.80. The molecular weight excluding hydrogens is 221 g/mol. The fourth-order valence-corrected chi connectivity index (χ4v) is 1.37. The van der Waals surface area contributed by atoms with E-state index in [2.05, 4.69) is 0 Å². The molecule has 2 nitrogen and oxygen atoms in total. The van der Waals surface area contributed by atoms with Crippen LogP contribution in [0.5, 0.6) is 5.75 Å². The predicted molar refractivity (Wildman–Crippen MR) is 60.2 cm³/mol. The summed E-state index contributed by atoms with van der Waals surface area (Å²) in [6.07, 6.45) is 1.89. The van der Waals surface area contributed by atoms with Gasteiger partial charge in [-0.25, -0.2) is 0 Å². The number of hydrogen-bond acceptors (Lipinski definition) is 2. The highest BCUT2D eigenvalue weighted by molar-refractivity contribution is 6.42. The number of hydrogen-bond donors (Lipinski definition) is 1. The third-order valence-electron chi connectivity index (χ3n) is 1.77. The number of benzene rings is 1. The standard InChI is InChI=1S/C10H13Cl2NO/c11-8-4-3-5-9(10(8)12)14-7-2-1-6-13/h3-5H,1-2,6-7,13H2. The van der Waals surface area contributed by atoms with Crippen molar-refractivity contribution in [1.29, 1.82) is 0 Å². The lowest BCUT2D eigenvalue weighted by Crippen LogP contribution is -2.03. The molecule has 0 aliphatic heterocycles. The summed E-state index contributed by atoms with van der Waals surface area (Å²) in [4.78, 5) is 0. The van der Waals surface area contributed by atoms with Gasteiger partial charge in [0.2, 0.25) is 0 Å². The van der Waals surface area contributed by atoms with Crippen LogP contribution in [0.3, 0.4) is 0 Å². The maximum atomic E-state index is 5.92. The van der Waals surface area contributed by atoms with Crippen LogP contribution in [0.2, 0.25) is 10.0 Å². The molecule has 0 atom stereocenters. The lowest BCUT2D eigenvalue weighted by Gasteiger charge is -2.07. The Balaban J connectivity index is 2.46. The number of unbranched alkanes of at least 4 members (excludes halogenated alkanes) is 1. The molecule has 0 heterocycles. The molecule has 78 valence electrons. The van der Waals surface area contributed by atoms with Gasteiger partial charge in [-0.05, 0) is 31.5 Å². The maximum absolute atomic E-state index is 5.92. The molecule has 0 bridgehead atoms. The van der Waals surface area contributed by atoms with Crippen LogP contribution in [-0.2, 0) is 0 Å². The van der Waals surface area contributed by atoms with Crippen molar-refractivity contribution in [2.24, 2.45) is 5.73 Å². The van der Waals surface area contributed by atoms with E-state index in [1.54, 1.807) is 12.1 Å². The summed E-state index contributed by atoms with van der Waals surface area (Å²) in [6.45, 7) is 1.31. The van der Waals surface area contributed by atoms with Crippen molar-refractivity contribution in [2.75, 3.05) is 13.2 Å². The molecule has 0 aliphatic carbocycles. The average Bonchev–Trinajstić information content (AvgIpc) is 2.19. The molecule has 4 heteroatoms. The topological polar surface area (TPSA) is 35.2 Å². The summed E-state index contributed by atoms with van der Waals surface area (Å²) in [7, 11) is 0. The third-order valence-corrected chi connectivity index (χ3v) is 2.57. The van der Waals surface area contributed by atoms with Gasteiger partial charge in [-0.15, -0.1) is 0 Å². The van der Waals surface area contributed by atoms with Crippen LogP contribution in [-0.4, -0.2) is 13.2 Å². The molecule has 0 fully saturated rings. The lowest BCUT2D eigenvalue weighted by molar-refractivity contribution is 0.308.